The van der Waals surface area contributed by atoms with E-state index < -0.39 is 0 Å². The van der Waals surface area contributed by atoms with Crippen LogP contribution in [0.2, 0.25) is 0 Å². The van der Waals surface area contributed by atoms with Crippen LogP contribution >= 0.6 is 11.3 Å². The van der Waals surface area contributed by atoms with Gasteiger partial charge in [-0.2, -0.15) is 0 Å². The zero-order valence-electron chi connectivity index (χ0n) is 7.57. The molecule has 0 aliphatic carbocycles. The van der Waals surface area contributed by atoms with Crippen LogP contribution in [0.1, 0.15) is 6.92 Å². The van der Waals surface area contributed by atoms with E-state index in [1.807, 2.05) is 0 Å². The maximum atomic E-state index is 11.4. The summed E-state index contributed by atoms with van der Waals surface area (Å²) in [6, 6.07) is 1.77. The SMILES string of the molecule is [C-]#[N+]/C(C#N)=c1/sc(=C)c(=O)n1CC. The van der Waals surface area contributed by atoms with Crippen LogP contribution in [0.4, 0.5) is 0 Å². The molecule has 0 N–H and O–H groups in total. The highest BCUT2D eigenvalue weighted by Gasteiger charge is 2.05. The number of nitriles is 1. The molecule has 0 fully saturated rings. The molecule has 0 unspecified atom stereocenters. The summed E-state index contributed by atoms with van der Waals surface area (Å²) in [6.07, 6.45) is 0. The molecule has 0 radical (unpaired) electrons. The summed E-state index contributed by atoms with van der Waals surface area (Å²) in [5.41, 5.74) is -0.271. The Balaban J connectivity index is 3.88. The van der Waals surface area contributed by atoms with Crippen LogP contribution in [0, 0.1) is 17.9 Å². The van der Waals surface area contributed by atoms with Crippen molar-refractivity contribution in [1.82, 2.24) is 4.57 Å². The number of aromatic nitrogens is 1. The zero-order valence-corrected chi connectivity index (χ0v) is 8.39. The molecule has 1 heterocycles. The van der Waals surface area contributed by atoms with Gasteiger partial charge in [-0.05, 0) is 6.92 Å². The topological polar surface area (TPSA) is 50.1 Å². The van der Waals surface area contributed by atoms with Crippen LogP contribution < -0.4 is 14.8 Å². The second kappa shape index (κ2) is 3.91. The van der Waals surface area contributed by atoms with Gasteiger partial charge in [0.2, 0.25) is 0 Å². The van der Waals surface area contributed by atoms with Gasteiger partial charge < -0.3 is 4.57 Å². The second-order valence-corrected chi connectivity index (χ2v) is 3.54. The number of nitrogens with zero attached hydrogens (tertiary/aromatic N) is 3. The number of hydrogen-bond acceptors (Lipinski definition) is 3. The first-order chi connectivity index (χ1) is 6.65. The van der Waals surface area contributed by atoms with Gasteiger partial charge in [0.25, 0.3) is 11.3 Å². The smallest absolute Gasteiger partial charge is 0.294 e. The molecule has 0 saturated heterocycles. The van der Waals surface area contributed by atoms with Crippen LogP contribution in [-0.2, 0) is 6.54 Å². The lowest BCUT2D eigenvalue weighted by atomic mass is 10.5. The van der Waals surface area contributed by atoms with E-state index in [1.54, 1.807) is 13.0 Å². The third-order valence-corrected chi connectivity index (χ3v) is 2.71. The molecular weight excluding hydrogens is 198 g/mol. The van der Waals surface area contributed by atoms with E-state index in [0.717, 1.165) is 11.3 Å². The zero-order chi connectivity index (χ0) is 10.7. The molecule has 0 atom stereocenters. The normalized spacial score (nSPS) is 11.6. The molecule has 1 aromatic heterocycles. The fraction of sp³-hybridized carbons (Fsp3) is 0.222. The van der Waals surface area contributed by atoms with Gasteiger partial charge in [-0.15, -0.1) is 11.3 Å². The molecule has 0 bridgehead atoms. The predicted octanol–water partition coefficient (Wildman–Crippen LogP) is -0.109. The molecular formula is C9H7N3OS. The lowest BCUT2D eigenvalue weighted by Crippen LogP contribution is -2.30. The van der Waals surface area contributed by atoms with Gasteiger partial charge >= 0.3 is 0 Å². The van der Waals surface area contributed by atoms with E-state index in [9.17, 15) is 4.79 Å². The minimum Gasteiger partial charge on any atom is -0.307 e. The first kappa shape index (κ1) is 10.2. The summed E-state index contributed by atoms with van der Waals surface area (Å²) >= 11 is 1.09. The van der Waals surface area contributed by atoms with Gasteiger partial charge in [0.15, 0.2) is 0 Å². The van der Waals surface area contributed by atoms with Crippen molar-refractivity contribution in [3.05, 3.63) is 31.0 Å². The molecule has 0 saturated carbocycles. The monoisotopic (exact) mass is 205 g/mol. The Morgan fingerprint density at radius 3 is 2.93 bits per heavy atom. The minimum atomic E-state index is -0.219. The summed E-state index contributed by atoms with van der Waals surface area (Å²) in [7, 11) is 0. The maximum Gasteiger partial charge on any atom is 0.294 e. The molecule has 4 nitrogen and oxygen atoms in total. The average molecular weight is 205 g/mol. The van der Waals surface area contributed by atoms with E-state index in [1.165, 1.54) is 4.57 Å². The number of rotatable bonds is 1. The van der Waals surface area contributed by atoms with Crippen LogP contribution in [0.3, 0.4) is 0 Å². The van der Waals surface area contributed by atoms with E-state index >= 15 is 0 Å². The maximum absolute atomic E-state index is 11.4. The molecule has 70 valence electrons. The van der Waals surface area contributed by atoms with Crippen molar-refractivity contribution in [2.45, 2.75) is 13.5 Å². The average Bonchev–Trinajstić information content (AvgIpc) is 2.45. The first-order valence-electron chi connectivity index (χ1n) is 3.86. The summed E-state index contributed by atoms with van der Waals surface area (Å²) in [4.78, 5) is 14.5. The fourth-order valence-electron chi connectivity index (χ4n) is 1.04. The predicted molar refractivity (Wildman–Crippen MR) is 54.6 cm³/mol. The summed E-state index contributed by atoms with van der Waals surface area (Å²) in [5.74, 6) is 0. The molecule has 0 aliphatic rings. The Bertz CT molecular complexity index is 578. The Morgan fingerprint density at radius 2 is 2.50 bits per heavy atom. The summed E-state index contributed by atoms with van der Waals surface area (Å²) < 4.78 is 2.15. The molecule has 1 aromatic rings. The standard InChI is InChI=1S/C9H7N3OS/c1-4-12-8(13)6(2)14-9(12)7(5-10)11-3/h2,4H2,1H3/b9-7+. The van der Waals surface area contributed by atoms with Crippen molar-refractivity contribution in [2.24, 2.45) is 0 Å². The van der Waals surface area contributed by atoms with E-state index in [0.29, 0.717) is 15.7 Å². The number of hydrogen-bond donors (Lipinski definition) is 0. The lowest BCUT2D eigenvalue weighted by molar-refractivity contribution is 0.722. The molecule has 0 spiro atoms. The third-order valence-electron chi connectivity index (χ3n) is 1.69. The first-order valence-corrected chi connectivity index (χ1v) is 4.67. The highest BCUT2D eigenvalue weighted by Crippen LogP contribution is 1.91. The van der Waals surface area contributed by atoms with Gasteiger partial charge in [0.1, 0.15) is 4.66 Å². The summed E-state index contributed by atoms with van der Waals surface area (Å²) in [6.45, 7) is 12.6. The molecule has 0 aromatic carbocycles. The minimum absolute atomic E-state index is 0.0520. The van der Waals surface area contributed by atoms with E-state index in [2.05, 4.69) is 11.4 Å². The van der Waals surface area contributed by atoms with Gasteiger partial charge in [0.05, 0.1) is 17.2 Å². The molecule has 1 rings (SSSR count). The second-order valence-electron chi connectivity index (χ2n) is 2.45. The quantitative estimate of drug-likeness (QED) is 0.601. The van der Waals surface area contributed by atoms with E-state index in [-0.39, 0.29) is 11.3 Å². The highest BCUT2D eigenvalue weighted by molar-refractivity contribution is 7.07. The summed E-state index contributed by atoms with van der Waals surface area (Å²) in [5, 5.41) is 8.67. The Hall–Kier alpha value is -1.85. The molecule has 5 heteroatoms. The third kappa shape index (κ3) is 1.46. The van der Waals surface area contributed by atoms with Crippen LogP contribution in [-0.4, -0.2) is 4.57 Å². The lowest BCUT2D eigenvalue weighted by Gasteiger charge is -1.93. The van der Waals surface area contributed by atoms with Crippen LogP contribution in [0.5, 0.6) is 0 Å². The van der Waals surface area contributed by atoms with Gasteiger partial charge in [-0.3, -0.25) is 4.79 Å². The van der Waals surface area contributed by atoms with Crippen molar-refractivity contribution >= 4 is 23.6 Å². The Labute approximate surface area is 84.5 Å². The van der Waals surface area contributed by atoms with Gasteiger partial charge in [0, 0.05) is 6.54 Å². The highest BCUT2D eigenvalue weighted by atomic mass is 32.1. The molecule has 14 heavy (non-hydrogen) atoms. The van der Waals surface area contributed by atoms with Crippen molar-refractivity contribution in [3.8, 4) is 6.07 Å². The van der Waals surface area contributed by atoms with Crippen LogP contribution in [0.25, 0.3) is 17.1 Å². The van der Waals surface area contributed by atoms with E-state index in [4.69, 9.17) is 11.8 Å². The Kier molecular flexibility index (Phi) is 2.85. The number of thiazole rings is 1. The van der Waals surface area contributed by atoms with Gasteiger partial charge in [-0.25, -0.2) is 10.1 Å². The largest absolute Gasteiger partial charge is 0.307 e. The van der Waals surface area contributed by atoms with Crippen LogP contribution in [0.15, 0.2) is 4.79 Å². The van der Waals surface area contributed by atoms with Crippen molar-refractivity contribution in [2.75, 3.05) is 0 Å². The fourth-order valence-corrected chi connectivity index (χ4v) is 1.98. The Morgan fingerprint density at radius 1 is 1.86 bits per heavy atom. The molecule has 0 aliphatic heterocycles. The van der Waals surface area contributed by atoms with Crippen molar-refractivity contribution in [1.29, 1.82) is 5.26 Å². The molecule has 0 amide bonds. The van der Waals surface area contributed by atoms with Crippen molar-refractivity contribution in [3.63, 3.8) is 0 Å². The van der Waals surface area contributed by atoms with Gasteiger partial charge in [-0.1, -0.05) is 6.58 Å². The van der Waals surface area contributed by atoms with Crippen molar-refractivity contribution < 1.29 is 0 Å².